The van der Waals surface area contributed by atoms with Gasteiger partial charge in [-0.2, -0.15) is 0 Å². The molecule has 0 aromatic heterocycles. The molecule has 0 bridgehead atoms. The van der Waals surface area contributed by atoms with Crippen LogP contribution in [0.4, 0.5) is 0 Å². The van der Waals surface area contributed by atoms with E-state index in [1.54, 1.807) is 0 Å². The topological polar surface area (TPSA) is 49.3 Å². The molecule has 0 fully saturated rings. The van der Waals surface area contributed by atoms with E-state index in [-0.39, 0.29) is 18.6 Å². The van der Waals surface area contributed by atoms with Gasteiger partial charge in [0, 0.05) is 6.42 Å². The lowest BCUT2D eigenvalue weighted by Crippen LogP contribution is -2.37. The zero-order valence-corrected chi connectivity index (χ0v) is 11.6. The SMILES string of the molecule is CCC(CO)NC(=O)CC1CCCc2ccccc21. The predicted molar refractivity (Wildman–Crippen MR) is 76.0 cm³/mol. The third-order valence-electron chi connectivity index (χ3n) is 4.00. The van der Waals surface area contributed by atoms with E-state index in [4.69, 9.17) is 5.11 Å². The minimum Gasteiger partial charge on any atom is -0.394 e. The molecule has 0 heterocycles. The van der Waals surface area contributed by atoms with Crippen molar-refractivity contribution in [1.29, 1.82) is 0 Å². The molecular weight excluding hydrogens is 238 g/mol. The van der Waals surface area contributed by atoms with Crippen LogP contribution in [0, 0.1) is 0 Å². The number of carbonyl (C=O) groups excluding carboxylic acids is 1. The summed E-state index contributed by atoms with van der Waals surface area (Å²) in [6.07, 6.45) is 4.67. The average Bonchev–Trinajstić information content (AvgIpc) is 2.45. The Kier molecular flexibility index (Phi) is 4.97. The molecule has 19 heavy (non-hydrogen) atoms. The zero-order valence-electron chi connectivity index (χ0n) is 11.6. The third kappa shape index (κ3) is 3.57. The van der Waals surface area contributed by atoms with Gasteiger partial charge in [0.2, 0.25) is 5.91 Å². The van der Waals surface area contributed by atoms with Gasteiger partial charge in [0.25, 0.3) is 0 Å². The molecule has 2 rings (SSSR count). The van der Waals surface area contributed by atoms with Gasteiger partial charge in [0.15, 0.2) is 0 Å². The number of aliphatic hydroxyl groups is 1. The van der Waals surface area contributed by atoms with Crippen LogP contribution in [-0.4, -0.2) is 23.7 Å². The summed E-state index contributed by atoms with van der Waals surface area (Å²) < 4.78 is 0. The van der Waals surface area contributed by atoms with Gasteiger partial charge in [-0.1, -0.05) is 31.2 Å². The average molecular weight is 261 g/mol. The van der Waals surface area contributed by atoms with Crippen LogP contribution in [0.25, 0.3) is 0 Å². The fourth-order valence-electron chi connectivity index (χ4n) is 2.85. The summed E-state index contributed by atoms with van der Waals surface area (Å²) in [4.78, 5) is 12.0. The molecule has 1 aliphatic rings. The van der Waals surface area contributed by atoms with Crippen molar-refractivity contribution in [1.82, 2.24) is 5.32 Å². The lowest BCUT2D eigenvalue weighted by atomic mass is 9.81. The Bertz CT molecular complexity index is 427. The highest BCUT2D eigenvalue weighted by molar-refractivity contribution is 5.77. The molecule has 0 aliphatic heterocycles. The van der Waals surface area contributed by atoms with Crippen LogP contribution >= 0.6 is 0 Å². The Morgan fingerprint density at radius 2 is 2.26 bits per heavy atom. The quantitative estimate of drug-likeness (QED) is 0.855. The van der Waals surface area contributed by atoms with Gasteiger partial charge in [0.05, 0.1) is 12.6 Å². The standard InChI is InChI=1S/C16H23NO2/c1-2-14(11-18)17-16(19)10-13-8-5-7-12-6-3-4-9-15(12)13/h3-4,6,9,13-14,18H,2,5,7-8,10-11H2,1H3,(H,17,19). The molecule has 1 aromatic rings. The van der Waals surface area contributed by atoms with E-state index >= 15 is 0 Å². The van der Waals surface area contributed by atoms with Crippen molar-refractivity contribution in [3.63, 3.8) is 0 Å². The first-order chi connectivity index (χ1) is 9.24. The van der Waals surface area contributed by atoms with Crippen LogP contribution in [-0.2, 0) is 11.2 Å². The molecule has 0 saturated heterocycles. The Labute approximate surface area is 115 Å². The highest BCUT2D eigenvalue weighted by atomic mass is 16.3. The number of nitrogens with one attached hydrogen (secondary N) is 1. The Balaban J connectivity index is 1.99. The van der Waals surface area contributed by atoms with Gasteiger partial charge in [-0.05, 0) is 42.7 Å². The van der Waals surface area contributed by atoms with Crippen LogP contribution in [0.15, 0.2) is 24.3 Å². The lowest BCUT2D eigenvalue weighted by Gasteiger charge is -2.25. The summed E-state index contributed by atoms with van der Waals surface area (Å²) in [5.74, 6) is 0.392. The van der Waals surface area contributed by atoms with E-state index in [0.29, 0.717) is 12.3 Å². The maximum absolute atomic E-state index is 12.0. The van der Waals surface area contributed by atoms with Crippen LogP contribution in [0.1, 0.15) is 49.7 Å². The number of hydrogen-bond acceptors (Lipinski definition) is 2. The summed E-state index contributed by atoms with van der Waals surface area (Å²) in [6, 6.07) is 8.33. The van der Waals surface area contributed by atoms with Crippen LogP contribution < -0.4 is 5.32 Å². The van der Waals surface area contributed by atoms with E-state index in [1.807, 2.05) is 6.92 Å². The van der Waals surface area contributed by atoms with Gasteiger partial charge in [-0.25, -0.2) is 0 Å². The Morgan fingerprint density at radius 1 is 1.47 bits per heavy atom. The van der Waals surface area contributed by atoms with Crippen LogP contribution in [0.2, 0.25) is 0 Å². The number of aryl methyl sites for hydroxylation is 1. The first-order valence-corrected chi connectivity index (χ1v) is 7.22. The molecule has 1 aliphatic carbocycles. The number of fused-ring (bicyclic) bond motifs is 1. The van der Waals surface area contributed by atoms with Crippen molar-refractivity contribution < 1.29 is 9.90 Å². The fourth-order valence-corrected chi connectivity index (χ4v) is 2.85. The lowest BCUT2D eigenvalue weighted by molar-refractivity contribution is -0.122. The largest absolute Gasteiger partial charge is 0.394 e. The second-order valence-corrected chi connectivity index (χ2v) is 5.35. The molecule has 1 amide bonds. The van der Waals surface area contributed by atoms with Crippen molar-refractivity contribution >= 4 is 5.91 Å². The fraction of sp³-hybridized carbons (Fsp3) is 0.562. The van der Waals surface area contributed by atoms with Crippen molar-refractivity contribution in [2.45, 2.75) is 51.0 Å². The second kappa shape index (κ2) is 6.71. The maximum Gasteiger partial charge on any atom is 0.220 e. The molecule has 0 radical (unpaired) electrons. The van der Waals surface area contributed by atoms with Crippen molar-refractivity contribution in [2.24, 2.45) is 0 Å². The normalized spacial score (nSPS) is 19.6. The zero-order chi connectivity index (χ0) is 13.7. The van der Waals surface area contributed by atoms with Crippen molar-refractivity contribution in [2.75, 3.05) is 6.61 Å². The molecule has 3 heteroatoms. The molecule has 2 atom stereocenters. The van der Waals surface area contributed by atoms with Gasteiger partial charge >= 0.3 is 0 Å². The monoisotopic (exact) mass is 261 g/mol. The number of carbonyl (C=O) groups is 1. The van der Waals surface area contributed by atoms with Crippen molar-refractivity contribution in [3.05, 3.63) is 35.4 Å². The number of rotatable bonds is 5. The van der Waals surface area contributed by atoms with Gasteiger partial charge < -0.3 is 10.4 Å². The number of hydrogen-bond donors (Lipinski definition) is 2. The van der Waals surface area contributed by atoms with Gasteiger partial charge in [0.1, 0.15) is 0 Å². The van der Waals surface area contributed by atoms with E-state index in [9.17, 15) is 4.79 Å². The van der Waals surface area contributed by atoms with E-state index in [2.05, 4.69) is 29.6 Å². The summed E-state index contributed by atoms with van der Waals surface area (Å²) in [5.41, 5.74) is 2.72. The minimum absolute atomic E-state index is 0.0174. The van der Waals surface area contributed by atoms with E-state index in [0.717, 1.165) is 25.7 Å². The van der Waals surface area contributed by atoms with Crippen LogP contribution in [0.3, 0.4) is 0 Å². The van der Waals surface area contributed by atoms with E-state index < -0.39 is 0 Å². The number of amides is 1. The third-order valence-corrected chi connectivity index (χ3v) is 4.00. The van der Waals surface area contributed by atoms with E-state index in [1.165, 1.54) is 11.1 Å². The maximum atomic E-state index is 12.0. The summed E-state index contributed by atoms with van der Waals surface area (Å²) in [6.45, 7) is 1.99. The summed E-state index contributed by atoms with van der Waals surface area (Å²) in [7, 11) is 0. The van der Waals surface area contributed by atoms with Gasteiger partial charge in [-0.3, -0.25) is 4.79 Å². The minimum atomic E-state index is -0.105. The first-order valence-electron chi connectivity index (χ1n) is 7.22. The first kappa shape index (κ1) is 14.1. The van der Waals surface area contributed by atoms with Crippen LogP contribution in [0.5, 0.6) is 0 Å². The Hall–Kier alpha value is -1.35. The molecule has 2 N–H and O–H groups in total. The second-order valence-electron chi connectivity index (χ2n) is 5.35. The smallest absolute Gasteiger partial charge is 0.220 e. The molecule has 1 aromatic carbocycles. The number of aliphatic hydroxyl groups excluding tert-OH is 1. The molecule has 0 saturated carbocycles. The summed E-state index contributed by atoms with van der Waals surface area (Å²) in [5, 5.41) is 12.0. The molecule has 0 spiro atoms. The molecular formula is C16H23NO2. The highest BCUT2D eigenvalue weighted by Crippen LogP contribution is 2.33. The predicted octanol–water partition coefficient (Wildman–Crippen LogP) is 2.38. The van der Waals surface area contributed by atoms with Crippen molar-refractivity contribution in [3.8, 4) is 0 Å². The highest BCUT2D eigenvalue weighted by Gasteiger charge is 2.22. The number of benzene rings is 1. The molecule has 2 unspecified atom stereocenters. The molecule has 104 valence electrons. The van der Waals surface area contributed by atoms with Gasteiger partial charge in [-0.15, -0.1) is 0 Å². The Morgan fingerprint density at radius 3 is 3.00 bits per heavy atom. The summed E-state index contributed by atoms with van der Waals surface area (Å²) >= 11 is 0. The molecule has 3 nitrogen and oxygen atoms in total.